The van der Waals surface area contributed by atoms with E-state index < -0.39 is 5.60 Å². The zero-order chi connectivity index (χ0) is 15.2. The van der Waals surface area contributed by atoms with Gasteiger partial charge in [-0.3, -0.25) is 0 Å². The van der Waals surface area contributed by atoms with Crippen molar-refractivity contribution in [2.45, 2.75) is 39.7 Å². The van der Waals surface area contributed by atoms with Crippen molar-refractivity contribution >= 4 is 16.3 Å². The van der Waals surface area contributed by atoms with Gasteiger partial charge in [-0.2, -0.15) is 0 Å². The Bertz CT molecular complexity index is 786. The van der Waals surface area contributed by atoms with Gasteiger partial charge in [-0.1, -0.05) is 48.0 Å². The summed E-state index contributed by atoms with van der Waals surface area (Å²) in [6.45, 7) is 8.09. The van der Waals surface area contributed by atoms with E-state index in [0.29, 0.717) is 0 Å². The van der Waals surface area contributed by atoms with Crippen molar-refractivity contribution in [3.63, 3.8) is 0 Å². The van der Waals surface area contributed by atoms with Crippen molar-refractivity contribution in [3.05, 3.63) is 64.7 Å². The van der Waals surface area contributed by atoms with Gasteiger partial charge < -0.3 is 29.9 Å². The van der Waals surface area contributed by atoms with Crippen LogP contribution in [0.4, 0.5) is 0 Å². The van der Waals surface area contributed by atoms with E-state index in [1.165, 1.54) is 27.7 Å². The number of rotatable bonds is 2. The second-order valence-electron chi connectivity index (χ2n) is 6.46. The van der Waals surface area contributed by atoms with Crippen LogP contribution in [0.2, 0.25) is 0 Å². The first-order valence-corrected chi connectivity index (χ1v) is 7.51. The molecule has 0 fully saturated rings. The van der Waals surface area contributed by atoms with E-state index in [1.807, 2.05) is 26.0 Å². The Balaban J connectivity index is 0.00000176. The topological polar surface area (TPSA) is 20.2 Å². The molecule has 0 atom stereocenters. The molecule has 0 aliphatic heterocycles. The zero-order valence-electron chi connectivity index (χ0n) is 14.5. The van der Waals surface area contributed by atoms with Gasteiger partial charge in [-0.15, -0.1) is 0 Å². The van der Waals surface area contributed by atoms with Crippen molar-refractivity contribution in [2.75, 3.05) is 0 Å². The largest absolute Gasteiger partial charge is 2.00 e. The van der Waals surface area contributed by atoms with Gasteiger partial charge in [0.15, 0.2) is 0 Å². The number of allylic oxidation sites excluding steroid dienone is 4. The summed E-state index contributed by atoms with van der Waals surface area (Å²) in [6, 6.07) is 12.6. The van der Waals surface area contributed by atoms with Crippen LogP contribution in [0.3, 0.4) is 0 Å². The molecule has 0 bridgehead atoms. The molecule has 0 heterocycles. The van der Waals surface area contributed by atoms with Crippen molar-refractivity contribution < 1.29 is 51.6 Å². The molecule has 4 heteroatoms. The molecule has 0 unspecified atom stereocenters. The summed E-state index contributed by atoms with van der Waals surface area (Å²) >= 11 is 0. The molecule has 2 aromatic rings. The normalized spacial score (nSPS) is 13.8. The average Bonchev–Trinajstić information content (AvgIpc) is 2.76. The maximum atomic E-state index is 10.7. The predicted octanol–water partition coefficient (Wildman–Crippen LogP) is -0.804. The Morgan fingerprint density at radius 3 is 2.12 bits per heavy atom. The summed E-state index contributed by atoms with van der Waals surface area (Å²) in [4.78, 5) is 0. The van der Waals surface area contributed by atoms with Crippen LogP contribution in [-0.2, 0) is 27.3 Å². The van der Waals surface area contributed by atoms with Crippen molar-refractivity contribution in [3.8, 4) is 0 Å². The number of hydrogen-bond acceptors (Lipinski definition) is 1. The molecule has 0 saturated heterocycles. The number of fused-ring (bicyclic) bond motifs is 1. The summed E-state index contributed by atoms with van der Waals surface area (Å²) in [5, 5.41) is 13.1. The fourth-order valence-corrected chi connectivity index (χ4v) is 3.29. The third-order valence-corrected chi connectivity index (χ3v) is 4.52. The maximum Gasteiger partial charge on any atom is 2.00 e. The first kappa shape index (κ1) is 23.4. The van der Waals surface area contributed by atoms with E-state index in [1.54, 1.807) is 0 Å². The van der Waals surface area contributed by atoms with E-state index in [0.717, 1.165) is 17.4 Å². The van der Waals surface area contributed by atoms with Crippen LogP contribution in [0, 0.1) is 0 Å². The Labute approximate surface area is 171 Å². The molecule has 0 saturated carbocycles. The molecule has 3 rings (SSSR count). The van der Waals surface area contributed by atoms with Gasteiger partial charge in [0.2, 0.25) is 0 Å². The summed E-state index contributed by atoms with van der Waals surface area (Å²) < 4.78 is 0. The van der Waals surface area contributed by atoms with Crippen LogP contribution in [0.1, 0.15) is 45.2 Å². The summed E-state index contributed by atoms with van der Waals surface area (Å²) in [5.41, 5.74) is 5.40. The summed E-state index contributed by atoms with van der Waals surface area (Å²) in [5.74, 6) is 0. The molecule has 24 heavy (non-hydrogen) atoms. The third-order valence-electron chi connectivity index (χ3n) is 4.52. The first-order chi connectivity index (χ1) is 9.89. The molecule has 0 spiro atoms. The van der Waals surface area contributed by atoms with E-state index in [4.69, 9.17) is 0 Å². The van der Waals surface area contributed by atoms with Gasteiger partial charge in [0.1, 0.15) is 0 Å². The van der Waals surface area contributed by atoms with Gasteiger partial charge in [0.05, 0.1) is 5.60 Å². The van der Waals surface area contributed by atoms with E-state index >= 15 is 0 Å². The second kappa shape index (κ2) is 8.69. The molecular weight excluding hydrogens is 375 g/mol. The first-order valence-electron chi connectivity index (χ1n) is 7.51. The fourth-order valence-electron chi connectivity index (χ4n) is 3.29. The second-order valence-corrected chi connectivity index (χ2v) is 6.46. The molecule has 1 aliphatic rings. The number of aliphatic hydroxyl groups is 1. The molecule has 1 aliphatic carbocycles. The third kappa shape index (κ3) is 4.15. The van der Waals surface area contributed by atoms with E-state index in [2.05, 4.69) is 44.2 Å². The smallest absolute Gasteiger partial charge is 1.00 e. The molecule has 2 aromatic carbocycles. The van der Waals surface area contributed by atoms with Gasteiger partial charge in [0, 0.05) is 0 Å². The monoisotopic (exact) mass is 396 g/mol. The Kier molecular flexibility index (Phi) is 8.49. The van der Waals surface area contributed by atoms with Gasteiger partial charge >= 0.3 is 21.7 Å². The summed E-state index contributed by atoms with van der Waals surface area (Å²) in [7, 11) is 0. The van der Waals surface area contributed by atoms with Gasteiger partial charge in [-0.05, 0) is 67.2 Å². The minimum Gasteiger partial charge on any atom is -1.00 e. The molecular formula is C20H22Cl2OTi. The Morgan fingerprint density at radius 2 is 1.58 bits per heavy atom. The minimum absolute atomic E-state index is 0. The SMILES string of the molecule is CC1=CCC(c2ccc3ccccc3c2C(C)(C)O)=C1C.[Cl-].[Cl-].[Ti+2]. The van der Waals surface area contributed by atoms with Crippen LogP contribution in [0.15, 0.2) is 53.6 Å². The quantitative estimate of drug-likeness (QED) is 0.659. The number of benzene rings is 2. The van der Waals surface area contributed by atoms with Crippen molar-refractivity contribution in [1.29, 1.82) is 0 Å². The van der Waals surface area contributed by atoms with Crippen molar-refractivity contribution in [1.82, 2.24) is 0 Å². The van der Waals surface area contributed by atoms with E-state index in [9.17, 15) is 5.11 Å². The molecule has 1 nitrogen and oxygen atoms in total. The predicted molar refractivity (Wildman–Crippen MR) is 90.2 cm³/mol. The average molecular weight is 397 g/mol. The molecule has 0 aromatic heterocycles. The van der Waals surface area contributed by atoms with Gasteiger partial charge in [0.25, 0.3) is 0 Å². The minimum atomic E-state index is -0.861. The molecule has 126 valence electrons. The Hall–Kier alpha value is -0.566. The summed E-state index contributed by atoms with van der Waals surface area (Å²) in [6.07, 6.45) is 3.23. The molecule has 1 N–H and O–H groups in total. The Morgan fingerprint density at radius 1 is 0.958 bits per heavy atom. The van der Waals surface area contributed by atoms with Gasteiger partial charge in [-0.25, -0.2) is 0 Å². The molecule has 0 amide bonds. The maximum absolute atomic E-state index is 10.7. The fraction of sp³-hybridized carbons (Fsp3) is 0.300. The standard InChI is InChI=1S/C20H22O.2ClH.Ti/c1-13-9-11-16(14(13)2)18-12-10-15-7-5-6-8-17(15)19(18)20(3,4)21;;;/h5-10,12,21H,11H2,1-4H3;2*1H;/q;;;+2/p-2. The van der Waals surface area contributed by atoms with Crippen LogP contribution in [0.25, 0.3) is 16.3 Å². The van der Waals surface area contributed by atoms with Crippen LogP contribution < -0.4 is 24.8 Å². The zero-order valence-corrected chi connectivity index (χ0v) is 17.5. The number of halogens is 2. The van der Waals surface area contributed by atoms with E-state index in [-0.39, 0.29) is 46.5 Å². The van der Waals surface area contributed by atoms with Crippen LogP contribution >= 0.6 is 0 Å². The number of hydrogen-bond donors (Lipinski definition) is 1. The van der Waals surface area contributed by atoms with Crippen LogP contribution in [0.5, 0.6) is 0 Å². The molecule has 0 radical (unpaired) electrons. The van der Waals surface area contributed by atoms with Crippen molar-refractivity contribution in [2.24, 2.45) is 0 Å². The van der Waals surface area contributed by atoms with Crippen LogP contribution in [-0.4, -0.2) is 5.11 Å².